The van der Waals surface area contributed by atoms with Crippen LogP contribution in [0.1, 0.15) is 93.1 Å². The van der Waals surface area contributed by atoms with E-state index in [0.29, 0.717) is 44.4 Å². The standard InChI is InChI=1S/C46H69N5O9/c1-27(2)32(25-36(52)39(28(3)4)47(9)10)42(54)48(11)40(29(5)6)44(56)49-22-16-20-33(49)43(55)50-23-17-21-34(50)46(58)60-41(30(7)8)45(57)51-35(37(59-12)26-38(51)53)24-31-18-14-13-15-19-31/h13-15,18-19,26-30,32-35,39-41H,16-17,20-25H2,1-12H3/t32-,33-,34-,35-,39-,40-,41-/m0/s1. The summed E-state index contributed by atoms with van der Waals surface area (Å²) in [4.78, 5) is 106. The zero-order valence-electron chi connectivity index (χ0n) is 37.9. The van der Waals surface area contributed by atoms with Gasteiger partial charge in [0.1, 0.15) is 29.9 Å². The van der Waals surface area contributed by atoms with Crippen LogP contribution in [-0.2, 0) is 49.5 Å². The Morgan fingerprint density at radius 1 is 0.750 bits per heavy atom. The third-order valence-electron chi connectivity index (χ3n) is 12.3. The highest BCUT2D eigenvalue weighted by molar-refractivity contribution is 6.06. The summed E-state index contributed by atoms with van der Waals surface area (Å²) in [7, 11) is 6.76. The van der Waals surface area contributed by atoms with Gasteiger partial charge in [0, 0.05) is 45.0 Å². The van der Waals surface area contributed by atoms with E-state index in [-0.39, 0.29) is 60.3 Å². The summed E-state index contributed by atoms with van der Waals surface area (Å²) >= 11 is 0. The van der Waals surface area contributed by atoms with Gasteiger partial charge in [-0.2, -0.15) is 0 Å². The number of nitrogens with zero attached hydrogens (tertiary/aromatic N) is 5. The Bertz CT molecular complexity index is 1750. The Morgan fingerprint density at radius 2 is 1.33 bits per heavy atom. The summed E-state index contributed by atoms with van der Waals surface area (Å²) in [5.74, 6) is -4.25. The van der Waals surface area contributed by atoms with Crippen molar-refractivity contribution in [3.63, 3.8) is 0 Å². The van der Waals surface area contributed by atoms with Crippen LogP contribution in [0, 0.1) is 29.6 Å². The number of methoxy groups -OCH3 is 1. The summed E-state index contributed by atoms with van der Waals surface area (Å²) in [5, 5.41) is 0. The summed E-state index contributed by atoms with van der Waals surface area (Å²) in [5.41, 5.74) is 0.889. The Labute approximate surface area is 356 Å². The van der Waals surface area contributed by atoms with Crippen LogP contribution in [0.2, 0.25) is 0 Å². The van der Waals surface area contributed by atoms with E-state index in [1.807, 2.05) is 90.9 Å². The van der Waals surface area contributed by atoms with Gasteiger partial charge in [-0.1, -0.05) is 85.7 Å². The second-order valence-corrected chi connectivity index (χ2v) is 18.3. The van der Waals surface area contributed by atoms with Crippen molar-refractivity contribution in [2.45, 2.75) is 130 Å². The number of ether oxygens (including phenoxy) is 2. The van der Waals surface area contributed by atoms with E-state index in [0.717, 1.165) is 10.5 Å². The third-order valence-corrected chi connectivity index (χ3v) is 12.3. The summed E-state index contributed by atoms with van der Waals surface area (Å²) in [6.45, 7) is 15.5. The number of hydrogen-bond acceptors (Lipinski definition) is 10. The number of imide groups is 1. The molecule has 2 saturated heterocycles. The lowest BCUT2D eigenvalue weighted by atomic mass is 9.84. The molecule has 60 heavy (non-hydrogen) atoms. The molecule has 0 bridgehead atoms. The number of ketones is 1. The van der Waals surface area contributed by atoms with Crippen molar-refractivity contribution in [2.24, 2.45) is 29.6 Å². The monoisotopic (exact) mass is 836 g/mol. The van der Waals surface area contributed by atoms with Crippen molar-refractivity contribution in [3.05, 3.63) is 47.7 Å². The smallest absolute Gasteiger partial charge is 0.329 e. The highest BCUT2D eigenvalue weighted by Gasteiger charge is 2.48. The van der Waals surface area contributed by atoms with Gasteiger partial charge in [0.15, 0.2) is 11.9 Å². The second-order valence-electron chi connectivity index (χ2n) is 18.3. The Kier molecular flexibility index (Phi) is 16.7. The Hall–Kier alpha value is -4.59. The summed E-state index contributed by atoms with van der Waals surface area (Å²) in [6.07, 6.45) is 2.12. The largest absolute Gasteiger partial charge is 0.499 e. The molecule has 14 heteroatoms. The molecule has 2 fully saturated rings. The number of esters is 1. The maximum absolute atomic E-state index is 14.5. The SMILES string of the molecule is COC1=CC(=O)N(C(=O)[C@@H](OC(=O)[C@@H]2CCCN2C(=O)[C@@H]2CCCN2C(=O)[C@H](C(C)C)N(C)C(=O)[C@@H](CC(=O)[C@H](C(C)C)N(C)C)C(C)C)C(C)C)[C@H]1Cc1ccccc1. The van der Waals surface area contributed by atoms with Crippen molar-refractivity contribution in [1.29, 1.82) is 0 Å². The van der Waals surface area contributed by atoms with E-state index >= 15 is 0 Å². The van der Waals surface area contributed by atoms with Gasteiger partial charge in [-0.25, -0.2) is 4.79 Å². The quantitative estimate of drug-likeness (QED) is 0.195. The van der Waals surface area contributed by atoms with E-state index in [1.165, 1.54) is 23.0 Å². The fourth-order valence-electron chi connectivity index (χ4n) is 9.29. The minimum atomic E-state index is -1.31. The van der Waals surface area contributed by atoms with E-state index in [1.54, 1.807) is 25.8 Å². The molecule has 7 atom stereocenters. The lowest BCUT2D eigenvalue weighted by molar-refractivity contribution is -0.170. The van der Waals surface area contributed by atoms with Gasteiger partial charge >= 0.3 is 5.97 Å². The van der Waals surface area contributed by atoms with Gasteiger partial charge in [0.2, 0.25) is 17.7 Å². The van der Waals surface area contributed by atoms with E-state index in [2.05, 4.69) is 0 Å². The summed E-state index contributed by atoms with van der Waals surface area (Å²) in [6, 6.07) is 5.60. The van der Waals surface area contributed by atoms with Crippen LogP contribution in [0.3, 0.4) is 0 Å². The van der Waals surface area contributed by atoms with Crippen molar-refractivity contribution >= 4 is 41.3 Å². The molecule has 0 spiro atoms. The predicted octanol–water partition coefficient (Wildman–Crippen LogP) is 4.35. The van der Waals surface area contributed by atoms with E-state index in [4.69, 9.17) is 9.47 Å². The number of likely N-dealkylation sites (tertiary alicyclic amines) is 2. The lowest BCUT2D eigenvalue weighted by Crippen LogP contribution is -2.58. The first-order valence-electron chi connectivity index (χ1n) is 21.7. The van der Waals surface area contributed by atoms with Gasteiger partial charge < -0.3 is 24.2 Å². The first-order valence-corrected chi connectivity index (χ1v) is 21.7. The number of carbonyl (C=O) groups excluding carboxylic acids is 7. The van der Waals surface area contributed by atoms with Crippen molar-refractivity contribution < 1.29 is 43.0 Å². The summed E-state index contributed by atoms with van der Waals surface area (Å²) < 4.78 is 11.5. The maximum Gasteiger partial charge on any atom is 0.329 e. The molecule has 1 aromatic carbocycles. The predicted molar refractivity (Wildman–Crippen MR) is 227 cm³/mol. The molecule has 0 saturated carbocycles. The van der Waals surface area contributed by atoms with Gasteiger partial charge in [-0.05, 0) is 69.0 Å². The first kappa shape index (κ1) is 48.1. The maximum atomic E-state index is 14.5. The number of hydrogen-bond donors (Lipinski definition) is 0. The van der Waals surface area contributed by atoms with E-state index < -0.39 is 59.9 Å². The van der Waals surface area contributed by atoms with Gasteiger partial charge in [0.05, 0.1) is 13.2 Å². The highest BCUT2D eigenvalue weighted by atomic mass is 16.6. The number of benzene rings is 1. The topological polar surface area (TPSA) is 154 Å². The Balaban J connectivity index is 1.50. The van der Waals surface area contributed by atoms with Crippen LogP contribution in [0.15, 0.2) is 42.2 Å². The third kappa shape index (κ3) is 10.6. The number of likely N-dealkylation sites (N-methyl/N-ethyl adjacent to an activating group) is 2. The molecule has 3 aliphatic rings. The molecule has 5 amide bonds. The molecule has 3 heterocycles. The molecule has 3 aliphatic heterocycles. The van der Waals surface area contributed by atoms with Crippen LogP contribution in [0.25, 0.3) is 0 Å². The minimum absolute atomic E-state index is 0.0233. The van der Waals surface area contributed by atoms with Crippen molar-refractivity contribution in [1.82, 2.24) is 24.5 Å². The molecule has 4 rings (SSSR count). The average Bonchev–Trinajstić information content (AvgIpc) is 3.94. The van der Waals surface area contributed by atoms with Crippen LogP contribution in [0.4, 0.5) is 0 Å². The molecule has 0 unspecified atom stereocenters. The molecule has 0 radical (unpaired) electrons. The van der Waals surface area contributed by atoms with Crippen molar-refractivity contribution in [3.8, 4) is 0 Å². The average molecular weight is 836 g/mol. The minimum Gasteiger partial charge on any atom is -0.499 e. The number of rotatable bonds is 18. The molecule has 1 aromatic rings. The normalized spacial score (nSPS) is 21.5. The number of carbonyl (C=O) groups is 7. The molecule has 14 nitrogen and oxygen atoms in total. The second kappa shape index (κ2) is 20.8. The fraction of sp³-hybridized carbons (Fsp3) is 0.674. The van der Waals surface area contributed by atoms with Crippen molar-refractivity contribution in [2.75, 3.05) is 41.3 Å². The van der Waals surface area contributed by atoms with E-state index in [9.17, 15) is 33.6 Å². The van der Waals surface area contributed by atoms with Gasteiger partial charge in [-0.15, -0.1) is 0 Å². The van der Waals surface area contributed by atoms with Crippen LogP contribution in [0.5, 0.6) is 0 Å². The zero-order valence-corrected chi connectivity index (χ0v) is 37.9. The number of Topliss-reactive ketones (excluding diaryl/α,β-unsaturated/α-hetero) is 1. The molecular weight excluding hydrogens is 767 g/mol. The molecule has 0 N–H and O–H groups in total. The van der Waals surface area contributed by atoms with Gasteiger partial charge in [0.25, 0.3) is 11.8 Å². The first-order chi connectivity index (χ1) is 28.2. The highest BCUT2D eigenvalue weighted by Crippen LogP contribution is 2.31. The van der Waals surface area contributed by atoms with Gasteiger partial charge in [-0.3, -0.25) is 38.6 Å². The lowest BCUT2D eigenvalue weighted by Gasteiger charge is -2.38. The zero-order chi connectivity index (χ0) is 44.7. The fourth-order valence-corrected chi connectivity index (χ4v) is 9.29. The van der Waals surface area contributed by atoms with Crippen LogP contribution in [-0.4, -0.2) is 143 Å². The van der Waals surface area contributed by atoms with Crippen LogP contribution >= 0.6 is 0 Å². The molecule has 0 aromatic heterocycles. The van der Waals surface area contributed by atoms with Crippen LogP contribution < -0.4 is 0 Å². The molecule has 332 valence electrons. The Morgan fingerprint density at radius 3 is 1.87 bits per heavy atom. The number of amides is 5. The molecule has 0 aliphatic carbocycles. The molecular formula is C46H69N5O9.